The van der Waals surface area contributed by atoms with Crippen LogP contribution >= 0.6 is 0 Å². The quantitative estimate of drug-likeness (QED) is 0.239. The molecular formula is C27H28N4O3. The number of hydroxylamine groups is 1. The maximum Gasteiger partial charge on any atom is 0.232 e. The number of carbonyl (C=O) groups is 2. The van der Waals surface area contributed by atoms with Gasteiger partial charge in [-0.3, -0.25) is 25.7 Å². The smallest absolute Gasteiger partial charge is 0.232 e. The van der Waals surface area contributed by atoms with Crippen LogP contribution in [-0.2, 0) is 16.0 Å². The first-order chi connectivity index (χ1) is 16.5. The molecule has 1 aliphatic heterocycles. The highest BCUT2D eigenvalue weighted by molar-refractivity contribution is 5.98. The molecule has 1 fully saturated rings. The molecule has 4 N–H and O–H groups in total. The predicted molar refractivity (Wildman–Crippen MR) is 132 cm³/mol. The van der Waals surface area contributed by atoms with E-state index in [1.807, 2.05) is 66.1 Å². The highest BCUT2D eigenvalue weighted by Gasteiger charge is 2.23. The summed E-state index contributed by atoms with van der Waals surface area (Å²) >= 11 is 0. The molecule has 0 spiro atoms. The molecule has 1 heterocycles. The molecule has 0 saturated carbocycles. The Balaban J connectivity index is 1.52. The van der Waals surface area contributed by atoms with E-state index in [9.17, 15) is 9.59 Å². The maximum absolute atomic E-state index is 13.4. The number of amides is 2. The van der Waals surface area contributed by atoms with Crippen molar-refractivity contribution in [2.75, 3.05) is 16.8 Å². The molecule has 1 saturated heterocycles. The molecule has 1 atom stereocenters. The lowest BCUT2D eigenvalue weighted by atomic mass is 9.90. The molecule has 7 heteroatoms. The summed E-state index contributed by atoms with van der Waals surface area (Å²) in [6.07, 6.45) is 2.94. The number of piperidine rings is 1. The fourth-order valence-electron chi connectivity index (χ4n) is 4.23. The van der Waals surface area contributed by atoms with Crippen molar-refractivity contribution in [3.8, 4) is 0 Å². The highest BCUT2D eigenvalue weighted by Crippen LogP contribution is 2.26. The van der Waals surface area contributed by atoms with Gasteiger partial charge in [0.05, 0.1) is 5.92 Å². The van der Waals surface area contributed by atoms with Gasteiger partial charge in [-0.25, -0.2) is 0 Å². The Morgan fingerprint density at radius 1 is 1.00 bits per heavy atom. The van der Waals surface area contributed by atoms with E-state index in [0.717, 1.165) is 36.2 Å². The van der Waals surface area contributed by atoms with Crippen LogP contribution in [0.2, 0.25) is 0 Å². The Kier molecular flexibility index (Phi) is 7.34. The van der Waals surface area contributed by atoms with Crippen molar-refractivity contribution in [2.24, 2.45) is 0 Å². The van der Waals surface area contributed by atoms with Gasteiger partial charge in [-0.05, 0) is 60.7 Å². The van der Waals surface area contributed by atoms with Gasteiger partial charge < -0.3 is 10.2 Å². The van der Waals surface area contributed by atoms with E-state index in [4.69, 9.17) is 10.6 Å². The minimum atomic E-state index is -0.448. The zero-order valence-corrected chi connectivity index (χ0v) is 18.8. The summed E-state index contributed by atoms with van der Waals surface area (Å²) in [5.41, 5.74) is 5.67. The highest BCUT2D eigenvalue weighted by atomic mass is 16.5. The normalized spacial score (nSPS) is 14.4. The van der Waals surface area contributed by atoms with Crippen LogP contribution in [0.15, 0.2) is 78.9 Å². The topological polar surface area (TPSA) is 106 Å². The van der Waals surface area contributed by atoms with Crippen LogP contribution < -0.4 is 15.7 Å². The predicted octanol–water partition coefficient (Wildman–Crippen LogP) is 4.47. The molecule has 0 aliphatic carbocycles. The number of hydrogen-bond acceptors (Lipinski definition) is 4. The van der Waals surface area contributed by atoms with Crippen molar-refractivity contribution in [3.05, 3.63) is 95.6 Å². The molecule has 0 bridgehead atoms. The lowest BCUT2D eigenvalue weighted by molar-refractivity contribution is -0.119. The van der Waals surface area contributed by atoms with Crippen molar-refractivity contribution in [1.29, 1.82) is 5.41 Å². The monoisotopic (exact) mass is 456 g/mol. The zero-order chi connectivity index (χ0) is 23.9. The molecule has 34 heavy (non-hydrogen) atoms. The molecule has 1 aliphatic rings. The number of anilines is 2. The van der Waals surface area contributed by atoms with Crippen molar-refractivity contribution >= 4 is 29.0 Å². The average molecular weight is 457 g/mol. The minimum Gasteiger partial charge on any atom is -0.326 e. The number of nitrogens with one attached hydrogen (secondary N) is 3. The number of hydrogen-bond donors (Lipinski definition) is 4. The third-order valence-electron chi connectivity index (χ3n) is 6.06. The molecule has 7 nitrogen and oxygen atoms in total. The van der Waals surface area contributed by atoms with E-state index >= 15 is 0 Å². The summed E-state index contributed by atoms with van der Waals surface area (Å²) in [4.78, 5) is 27.3. The van der Waals surface area contributed by atoms with Gasteiger partial charge in [0, 0.05) is 29.9 Å². The van der Waals surface area contributed by atoms with Crippen molar-refractivity contribution in [3.63, 3.8) is 0 Å². The first-order valence-corrected chi connectivity index (χ1v) is 11.4. The number of nitrogens with zero attached hydrogens (tertiary/aromatic N) is 1. The second kappa shape index (κ2) is 10.8. The van der Waals surface area contributed by atoms with E-state index in [1.165, 1.54) is 0 Å². The number of rotatable bonds is 7. The third kappa shape index (κ3) is 5.50. The van der Waals surface area contributed by atoms with Crippen LogP contribution in [0.5, 0.6) is 0 Å². The van der Waals surface area contributed by atoms with E-state index in [2.05, 4.69) is 5.32 Å². The largest absolute Gasteiger partial charge is 0.326 e. The van der Waals surface area contributed by atoms with E-state index in [0.29, 0.717) is 24.1 Å². The van der Waals surface area contributed by atoms with Gasteiger partial charge in [0.25, 0.3) is 0 Å². The van der Waals surface area contributed by atoms with Crippen molar-refractivity contribution < 1.29 is 14.8 Å². The molecule has 0 aromatic heterocycles. The fraction of sp³-hybridized carbons (Fsp3) is 0.222. The molecule has 0 radical (unpaired) electrons. The van der Waals surface area contributed by atoms with Crippen molar-refractivity contribution in [1.82, 2.24) is 5.48 Å². The van der Waals surface area contributed by atoms with Gasteiger partial charge in [-0.2, -0.15) is 0 Å². The second-order valence-corrected chi connectivity index (χ2v) is 8.39. The van der Waals surface area contributed by atoms with Crippen LogP contribution in [0.4, 0.5) is 11.4 Å². The first kappa shape index (κ1) is 23.2. The van der Waals surface area contributed by atoms with E-state index in [-0.39, 0.29) is 17.6 Å². The molecule has 2 amide bonds. The van der Waals surface area contributed by atoms with Crippen LogP contribution in [0, 0.1) is 5.41 Å². The van der Waals surface area contributed by atoms with Gasteiger partial charge in [-0.15, -0.1) is 0 Å². The van der Waals surface area contributed by atoms with Crippen LogP contribution in [0.3, 0.4) is 0 Å². The molecule has 174 valence electrons. The average Bonchev–Trinajstić information content (AvgIpc) is 2.88. The summed E-state index contributed by atoms with van der Waals surface area (Å²) in [6.45, 7) is 0.725. The Hall–Kier alpha value is -3.97. The molecule has 3 aromatic rings. The van der Waals surface area contributed by atoms with Crippen LogP contribution in [0.1, 0.15) is 41.9 Å². The number of amidine groups is 1. The summed E-state index contributed by atoms with van der Waals surface area (Å²) < 4.78 is 0. The van der Waals surface area contributed by atoms with Gasteiger partial charge in [0.15, 0.2) is 0 Å². The van der Waals surface area contributed by atoms with Gasteiger partial charge in [0.1, 0.15) is 5.84 Å². The second-order valence-electron chi connectivity index (χ2n) is 8.39. The standard InChI is InChI=1S/C27H28N4O3/c28-26(30-34)21-10-6-7-19(17-21)18-24(20-8-2-1-3-9-20)27(33)29-22-12-14-23(15-13-22)31-16-5-4-11-25(31)32/h1-3,6-10,12-15,17,24,34H,4-5,11,16,18H2,(H2,28,30)(H,29,33). The minimum absolute atomic E-state index is 0.102. The first-order valence-electron chi connectivity index (χ1n) is 11.4. The van der Waals surface area contributed by atoms with Gasteiger partial charge in [0.2, 0.25) is 11.8 Å². The molecule has 3 aromatic carbocycles. The lowest BCUT2D eigenvalue weighted by Crippen LogP contribution is -2.35. The Labute approximate surface area is 198 Å². The van der Waals surface area contributed by atoms with Crippen molar-refractivity contribution in [2.45, 2.75) is 31.6 Å². The van der Waals surface area contributed by atoms with Crippen LogP contribution in [-0.4, -0.2) is 29.4 Å². The fourth-order valence-corrected chi connectivity index (χ4v) is 4.23. The number of carbonyl (C=O) groups excluding carboxylic acids is 2. The van der Waals surface area contributed by atoms with E-state index in [1.54, 1.807) is 23.1 Å². The Morgan fingerprint density at radius 3 is 2.47 bits per heavy atom. The summed E-state index contributed by atoms with van der Waals surface area (Å²) in [5, 5.41) is 19.9. The van der Waals surface area contributed by atoms with Gasteiger partial charge >= 0.3 is 0 Å². The SMILES string of the molecule is N=C(NO)c1cccc(CC(C(=O)Nc2ccc(N3CCCCC3=O)cc2)c2ccccc2)c1. The summed E-state index contributed by atoms with van der Waals surface area (Å²) in [6, 6.07) is 24.2. The zero-order valence-electron chi connectivity index (χ0n) is 18.8. The molecular weight excluding hydrogens is 428 g/mol. The molecule has 1 unspecified atom stereocenters. The lowest BCUT2D eigenvalue weighted by Gasteiger charge is -2.27. The van der Waals surface area contributed by atoms with E-state index < -0.39 is 5.92 Å². The van der Waals surface area contributed by atoms with Gasteiger partial charge in [-0.1, -0.05) is 48.5 Å². The Morgan fingerprint density at radius 2 is 1.76 bits per heavy atom. The molecule has 4 rings (SSSR count). The summed E-state index contributed by atoms with van der Waals surface area (Å²) in [5.74, 6) is -0.557. The van der Waals surface area contributed by atoms with Crippen LogP contribution in [0.25, 0.3) is 0 Å². The Bertz CT molecular complexity index is 1160. The summed E-state index contributed by atoms with van der Waals surface area (Å²) in [7, 11) is 0. The number of benzene rings is 3. The maximum atomic E-state index is 13.4. The third-order valence-corrected chi connectivity index (χ3v) is 6.06.